The topological polar surface area (TPSA) is 41.1 Å². The maximum Gasteiger partial charge on any atom is 0.251 e. The molecule has 2 aliphatic rings. The first-order valence-corrected chi connectivity index (χ1v) is 8.49. The number of carbonyl (C=O) groups is 1. The van der Waals surface area contributed by atoms with Crippen molar-refractivity contribution in [3.8, 4) is 0 Å². The van der Waals surface area contributed by atoms with Crippen LogP contribution in [0.2, 0.25) is 0 Å². The predicted octanol–water partition coefficient (Wildman–Crippen LogP) is 3.46. The van der Waals surface area contributed by atoms with Crippen molar-refractivity contribution in [1.82, 2.24) is 10.6 Å². The molecule has 0 aromatic heterocycles. The molecule has 4 heteroatoms. The molecular formula is C17H21BrN2O. The van der Waals surface area contributed by atoms with Crippen LogP contribution in [0.5, 0.6) is 0 Å². The Labute approximate surface area is 134 Å². The van der Waals surface area contributed by atoms with Gasteiger partial charge in [-0.2, -0.15) is 0 Å². The average molecular weight is 349 g/mol. The van der Waals surface area contributed by atoms with Crippen molar-refractivity contribution in [3.05, 3.63) is 41.0 Å². The van der Waals surface area contributed by atoms with Gasteiger partial charge in [-0.1, -0.05) is 33.6 Å². The number of piperidine rings is 1. The molecule has 1 unspecified atom stereocenters. The van der Waals surface area contributed by atoms with Crippen LogP contribution in [0.1, 0.15) is 48.5 Å². The molecular weight excluding hydrogens is 328 g/mol. The van der Waals surface area contributed by atoms with Gasteiger partial charge in [0.25, 0.3) is 5.91 Å². The van der Waals surface area contributed by atoms with E-state index in [1.807, 2.05) is 31.2 Å². The highest BCUT2D eigenvalue weighted by Crippen LogP contribution is 2.37. The Balaban J connectivity index is 1.78. The lowest BCUT2D eigenvalue weighted by atomic mass is 9.96. The number of benzene rings is 1. The van der Waals surface area contributed by atoms with Gasteiger partial charge in [0.05, 0.1) is 0 Å². The van der Waals surface area contributed by atoms with E-state index in [0.717, 1.165) is 18.4 Å². The summed E-state index contributed by atoms with van der Waals surface area (Å²) in [4.78, 5) is 11.8. The van der Waals surface area contributed by atoms with Gasteiger partial charge in [-0.15, -0.1) is 0 Å². The average Bonchev–Trinajstić information content (AvgIpc) is 2.85. The Kier molecular flexibility index (Phi) is 4.45. The Bertz CT molecular complexity index is 551. The number of nitrogens with one attached hydrogen (secondary N) is 2. The summed E-state index contributed by atoms with van der Waals surface area (Å²) >= 11 is 3.77. The van der Waals surface area contributed by atoms with Crippen molar-refractivity contribution in [3.63, 3.8) is 0 Å². The fourth-order valence-electron chi connectivity index (χ4n) is 3.32. The van der Waals surface area contributed by atoms with Gasteiger partial charge in [-0.25, -0.2) is 0 Å². The summed E-state index contributed by atoms with van der Waals surface area (Å²) in [6.45, 7) is 2.59. The molecule has 2 aliphatic heterocycles. The van der Waals surface area contributed by atoms with Crippen LogP contribution in [0.15, 0.2) is 29.8 Å². The molecule has 1 aromatic rings. The highest BCUT2D eigenvalue weighted by molar-refractivity contribution is 9.15. The van der Waals surface area contributed by atoms with Crippen LogP contribution in [0, 0.1) is 0 Å². The molecule has 1 amide bonds. The fourth-order valence-corrected chi connectivity index (χ4v) is 3.90. The smallest absolute Gasteiger partial charge is 0.251 e. The molecule has 112 valence electrons. The van der Waals surface area contributed by atoms with Gasteiger partial charge in [0.1, 0.15) is 0 Å². The van der Waals surface area contributed by atoms with Gasteiger partial charge in [0.2, 0.25) is 0 Å². The normalized spacial score (nSPS) is 26.6. The second-order valence-electron chi connectivity index (χ2n) is 5.90. The molecule has 2 saturated heterocycles. The second kappa shape index (κ2) is 6.32. The van der Waals surface area contributed by atoms with E-state index < -0.39 is 0 Å². The third-order valence-electron chi connectivity index (χ3n) is 4.37. The third kappa shape index (κ3) is 3.22. The molecule has 2 bridgehead atoms. The number of hydrogen-bond donors (Lipinski definition) is 2. The quantitative estimate of drug-likeness (QED) is 0.878. The molecule has 0 saturated carbocycles. The molecule has 2 atom stereocenters. The third-order valence-corrected chi connectivity index (χ3v) is 5.39. The van der Waals surface area contributed by atoms with Crippen molar-refractivity contribution < 1.29 is 4.79 Å². The molecule has 3 nitrogen and oxygen atoms in total. The van der Waals surface area contributed by atoms with E-state index in [4.69, 9.17) is 0 Å². The molecule has 3 rings (SSSR count). The largest absolute Gasteiger partial charge is 0.352 e. The van der Waals surface area contributed by atoms with Crippen molar-refractivity contribution in [1.29, 1.82) is 0 Å². The highest BCUT2D eigenvalue weighted by atomic mass is 79.9. The van der Waals surface area contributed by atoms with Crippen LogP contribution >= 0.6 is 15.9 Å². The molecule has 1 aromatic carbocycles. The van der Waals surface area contributed by atoms with E-state index >= 15 is 0 Å². The minimum absolute atomic E-state index is 0.00673. The van der Waals surface area contributed by atoms with Crippen LogP contribution in [-0.4, -0.2) is 24.5 Å². The van der Waals surface area contributed by atoms with E-state index in [1.54, 1.807) is 0 Å². The van der Waals surface area contributed by atoms with E-state index in [-0.39, 0.29) is 5.91 Å². The summed E-state index contributed by atoms with van der Waals surface area (Å²) in [5, 5.41) is 6.48. The minimum Gasteiger partial charge on any atom is -0.352 e. The molecule has 0 radical (unpaired) electrons. The molecule has 21 heavy (non-hydrogen) atoms. The Hall–Kier alpha value is -1.13. The van der Waals surface area contributed by atoms with E-state index in [0.29, 0.717) is 18.6 Å². The standard InChI is InChI=1S/C17H21BrN2O/c1-2-19-17(21)12-5-3-11(4-6-12)16(18)13-9-14-7-8-15(10-13)20-14/h3-6,14-15,20H,2,7-10H2,1H3,(H,19,21)/t14-,15?/m0/s1. The van der Waals surface area contributed by atoms with Gasteiger partial charge in [0.15, 0.2) is 0 Å². The molecule has 0 spiro atoms. The first-order chi connectivity index (χ1) is 10.2. The Morgan fingerprint density at radius 3 is 2.33 bits per heavy atom. The first-order valence-electron chi connectivity index (χ1n) is 7.69. The van der Waals surface area contributed by atoms with E-state index in [2.05, 4.69) is 26.6 Å². The van der Waals surface area contributed by atoms with Crippen molar-refractivity contribution in [2.24, 2.45) is 0 Å². The van der Waals surface area contributed by atoms with Gasteiger partial charge in [0, 0.05) is 28.7 Å². The monoisotopic (exact) mass is 348 g/mol. The van der Waals surface area contributed by atoms with Crippen molar-refractivity contribution >= 4 is 26.3 Å². The van der Waals surface area contributed by atoms with Gasteiger partial charge < -0.3 is 10.6 Å². The number of amides is 1. The van der Waals surface area contributed by atoms with Gasteiger partial charge >= 0.3 is 0 Å². The summed E-state index contributed by atoms with van der Waals surface area (Å²) in [7, 11) is 0. The summed E-state index contributed by atoms with van der Waals surface area (Å²) in [5.74, 6) is -0.00673. The maximum absolute atomic E-state index is 11.8. The van der Waals surface area contributed by atoms with Gasteiger partial charge in [-0.05, 0) is 50.3 Å². The van der Waals surface area contributed by atoms with Gasteiger partial charge in [-0.3, -0.25) is 4.79 Å². The van der Waals surface area contributed by atoms with Crippen LogP contribution in [0.4, 0.5) is 0 Å². The lowest BCUT2D eigenvalue weighted by Crippen LogP contribution is -2.34. The summed E-state index contributed by atoms with van der Waals surface area (Å²) in [6.07, 6.45) is 4.86. The van der Waals surface area contributed by atoms with Crippen molar-refractivity contribution in [2.75, 3.05) is 6.54 Å². The predicted molar refractivity (Wildman–Crippen MR) is 89.5 cm³/mol. The van der Waals surface area contributed by atoms with Crippen LogP contribution in [0.25, 0.3) is 4.48 Å². The van der Waals surface area contributed by atoms with Crippen LogP contribution in [0.3, 0.4) is 0 Å². The maximum atomic E-state index is 11.8. The molecule has 0 aliphatic carbocycles. The lowest BCUT2D eigenvalue weighted by molar-refractivity contribution is 0.0956. The zero-order valence-corrected chi connectivity index (χ0v) is 13.9. The first kappa shape index (κ1) is 14.8. The highest BCUT2D eigenvalue weighted by Gasteiger charge is 2.31. The minimum atomic E-state index is -0.00673. The number of carbonyl (C=O) groups excluding carboxylic acids is 1. The van der Waals surface area contributed by atoms with E-state index in [9.17, 15) is 4.79 Å². The SMILES string of the molecule is CCNC(=O)c1ccc(C(Br)=C2CC3CC[C@@H](C2)N3)cc1. The van der Waals surface area contributed by atoms with E-state index in [1.165, 1.54) is 28.5 Å². The Morgan fingerprint density at radius 1 is 1.19 bits per heavy atom. The van der Waals surface area contributed by atoms with Crippen LogP contribution in [-0.2, 0) is 0 Å². The zero-order chi connectivity index (χ0) is 14.8. The summed E-state index contributed by atoms with van der Waals surface area (Å²) in [6, 6.07) is 9.18. The number of fused-ring (bicyclic) bond motifs is 2. The van der Waals surface area contributed by atoms with Crippen LogP contribution < -0.4 is 10.6 Å². The second-order valence-corrected chi connectivity index (χ2v) is 6.69. The number of halogens is 1. The lowest BCUT2D eigenvalue weighted by Gasteiger charge is -2.25. The molecule has 2 fully saturated rings. The molecule has 2 heterocycles. The summed E-state index contributed by atoms with van der Waals surface area (Å²) < 4.78 is 1.21. The number of rotatable bonds is 3. The zero-order valence-electron chi connectivity index (χ0n) is 12.3. The Morgan fingerprint density at radius 2 is 1.76 bits per heavy atom. The molecule has 2 N–H and O–H groups in total. The summed E-state index contributed by atoms with van der Waals surface area (Å²) in [5.41, 5.74) is 3.39. The fraction of sp³-hybridized carbons (Fsp3) is 0.471. The van der Waals surface area contributed by atoms with Crippen molar-refractivity contribution in [2.45, 2.75) is 44.7 Å². The number of hydrogen-bond acceptors (Lipinski definition) is 2.